The molecule has 20 heteroatoms. The van der Waals surface area contributed by atoms with E-state index >= 15 is 0 Å². The molecular weight excluding hydrogens is 831 g/mol. The number of benzene rings is 1. The number of amides is 4. The fourth-order valence-corrected chi connectivity index (χ4v) is 9.44. The molecule has 1 aromatic carbocycles. The van der Waals surface area contributed by atoms with Crippen LogP contribution >= 0.6 is 0 Å². The molecule has 0 unspecified atom stereocenters. The molecule has 336 valence electrons. The summed E-state index contributed by atoms with van der Waals surface area (Å²) in [4.78, 5) is 62.1. The Morgan fingerprint density at radius 1 is 1.10 bits per heavy atom. The molecule has 0 radical (unpaired) electrons. The van der Waals surface area contributed by atoms with Crippen LogP contribution in [0.2, 0.25) is 0 Å². The Morgan fingerprint density at radius 2 is 1.82 bits per heavy atom. The Morgan fingerprint density at radius 3 is 2.46 bits per heavy atom. The molecule has 61 heavy (non-hydrogen) atoms. The molecule has 4 amide bonds. The van der Waals surface area contributed by atoms with Gasteiger partial charge in [0.15, 0.2) is 0 Å². The molecule has 3 heterocycles. The zero-order valence-electron chi connectivity index (χ0n) is 34.9. The lowest BCUT2D eigenvalue weighted by molar-refractivity contribution is -0.244. The number of nitrogens with one attached hydrogen (secondary N) is 3. The van der Waals surface area contributed by atoms with Crippen LogP contribution in [0, 0.1) is 17.8 Å². The van der Waals surface area contributed by atoms with E-state index in [9.17, 15) is 45.2 Å². The Labute approximate surface area is 351 Å². The Hall–Kier alpha value is -4.88. The maximum Gasteiger partial charge on any atom is 0.427 e. The number of rotatable bonds is 11. The molecule has 3 N–H and O–H groups in total. The average Bonchev–Trinajstić information content (AvgIpc) is 4.10. The molecule has 4 aliphatic rings. The minimum Gasteiger partial charge on any atom is -0.497 e. The number of hydrogen-bond donors (Lipinski definition) is 3. The molecule has 0 spiro atoms. The first-order valence-electron chi connectivity index (χ1n) is 20.3. The van der Waals surface area contributed by atoms with Crippen LogP contribution in [0.4, 0.5) is 22.4 Å². The second-order valence-electron chi connectivity index (χ2n) is 17.1. The number of hydrogen-bond acceptors (Lipinski definition) is 11. The summed E-state index contributed by atoms with van der Waals surface area (Å²) in [5.41, 5.74) is -4.70. The number of methoxy groups -OCH3 is 1. The first kappa shape index (κ1) is 45.6. The number of alkyl carbamates (subject to hydrolysis) is 1. The summed E-state index contributed by atoms with van der Waals surface area (Å²) in [6.07, 6.45) is -1.17. The lowest BCUT2D eigenvalue weighted by atomic mass is 9.88. The number of sulfonamides is 1. The smallest absolute Gasteiger partial charge is 0.427 e. The van der Waals surface area contributed by atoms with Gasteiger partial charge >= 0.3 is 12.3 Å². The molecule has 0 bridgehead atoms. The molecule has 7 atom stereocenters. The van der Waals surface area contributed by atoms with Crippen LogP contribution in [-0.4, -0.2) is 109 Å². The second-order valence-corrected chi connectivity index (χ2v) is 19.2. The van der Waals surface area contributed by atoms with Crippen molar-refractivity contribution in [2.24, 2.45) is 17.8 Å². The topological polar surface area (TPSA) is 192 Å². The average molecular weight is 884 g/mol. The third kappa shape index (κ3) is 9.33. The molecule has 6 rings (SSSR count). The number of aromatic nitrogens is 1. The van der Waals surface area contributed by atoms with Crippen molar-refractivity contribution in [1.29, 1.82) is 0 Å². The number of carbonyl (C=O) groups is 4. The van der Waals surface area contributed by atoms with Crippen LogP contribution < -0.4 is 29.6 Å². The van der Waals surface area contributed by atoms with Crippen molar-refractivity contribution in [2.45, 2.75) is 120 Å². The van der Waals surface area contributed by atoms with E-state index in [1.165, 1.54) is 13.3 Å². The van der Waals surface area contributed by atoms with Gasteiger partial charge in [0.05, 0.1) is 26.5 Å². The van der Waals surface area contributed by atoms with Gasteiger partial charge < -0.3 is 34.5 Å². The third-order valence-corrected chi connectivity index (χ3v) is 14.3. The maximum atomic E-state index is 14.8. The van der Waals surface area contributed by atoms with Crippen molar-refractivity contribution >= 4 is 44.6 Å². The highest BCUT2D eigenvalue weighted by Gasteiger charge is 2.64. The van der Waals surface area contributed by atoms with Gasteiger partial charge in [-0.3, -0.25) is 19.1 Å². The fourth-order valence-electron chi connectivity index (χ4n) is 8.02. The lowest BCUT2D eigenvalue weighted by Crippen LogP contribution is -2.60. The molecular formula is C41H53F4N5O10S. The highest BCUT2D eigenvalue weighted by Crippen LogP contribution is 2.48. The van der Waals surface area contributed by atoms with Gasteiger partial charge in [-0.25, -0.2) is 22.6 Å². The van der Waals surface area contributed by atoms with Gasteiger partial charge in [0, 0.05) is 23.1 Å². The van der Waals surface area contributed by atoms with Crippen LogP contribution in [0.25, 0.3) is 10.8 Å². The first-order chi connectivity index (χ1) is 28.6. The normalized spacial score (nSPS) is 28.5. The highest BCUT2D eigenvalue weighted by atomic mass is 32.2. The van der Waals surface area contributed by atoms with E-state index in [1.54, 1.807) is 44.2 Å². The fraction of sp³-hybridized carbons (Fsp3) is 0.634. The van der Waals surface area contributed by atoms with E-state index in [1.807, 2.05) is 11.6 Å². The van der Waals surface area contributed by atoms with Crippen LogP contribution in [-0.2, 0) is 29.1 Å². The molecule has 1 aromatic heterocycles. The van der Waals surface area contributed by atoms with Crippen LogP contribution in [0.15, 0.2) is 36.5 Å². The van der Waals surface area contributed by atoms with E-state index in [-0.39, 0.29) is 44.0 Å². The zero-order valence-corrected chi connectivity index (χ0v) is 35.7. The van der Waals surface area contributed by atoms with Crippen molar-refractivity contribution < 1.29 is 64.1 Å². The molecule has 2 aliphatic carbocycles. The molecule has 1 saturated heterocycles. The number of halogens is 4. The number of allylic oxidation sites excluding steroid dienone is 1. The van der Waals surface area contributed by atoms with Crippen molar-refractivity contribution in [3.05, 3.63) is 36.5 Å². The quantitative estimate of drug-likeness (QED) is 0.197. The van der Waals surface area contributed by atoms with Gasteiger partial charge in [-0.2, -0.15) is 13.2 Å². The zero-order chi connectivity index (χ0) is 44.7. The van der Waals surface area contributed by atoms with Crippen molar-refractivity contribution in [3.63, 3.8) is 0 Å². The number of nitrogens with zero attached hydrogens (tertiary/aromatic N) is 2. The molecule has 15 nitrogen and oxygen atoms in total. The molecule has 2 saturated carbocycles. The van der Waals surface area contributed by atoms with E-state index in [4.69, 9.17) is 18.9 Å². The predicted octanol–water partition coefficient (Wildman–Crippen LogP) is 5.26. The third-order valence-electron chi connectivity index (χ3n) is 12.2. The molecule has 2 aliphatic heterocycles. The largest absolute Gasteiger partial charge is 0.497 e. The van der Waals surface area contributed by atoms with Crippen LogP contribution in [0.5, 0.6) is 17.4 Å². The van der Waals surface area contributed by atoms with E-state index in [0.717, 1.165) is 4.90 Å². The van der Waals surface area contributed by atoms with Gasteiger partial charge in [-0.05, 0) is 89.3 Å². The first-order valence-corrected chi connectivity index (χ1v) is 21.8. The number of fused-ring (bicyclic) bond motifs is 3. The number of carbonyl (C=O) groups excluding carboxylic acids is 4. The van der Waals surface area contributed by atoms with Crippen molar-refractivity contribution in [2.75, 3.05) is 26.9 Å². The highest BCUT2D eigenvalue weighted by molar-refractivity contribution is 7.91. The summed E-state index contributed by atoms with van der Waals surface area (Å²) in [7, 11) is -2.97. The summed E-state index contributed by atoms with van der Waals surface area (Å²) >= 11 is 0. The van der Waals surface area contributed by atoms with Gasteiger partial charge in [-0.15, -0.1) is 0 Å². The Kier molecular flexibility index (Phi) is 12.8. The Balaban J connectivity index is 1.37. The lowest BCUT2D eigenvalue weighted by Gasteiger charge is -2.34. The van der Waals surface area contributed by atoms with Gasteiger partial charge in [0.1, 0.15) is 46.6 Å². The number of alkyl halides is 4. The molecule has 3 fully saturated rings. The van der Waals surface area contributed by atoms with Crippen LogP contribution in [0.1, 0.15) is 79.6 Å². The second kappa shape index (κ2) is 17.1. The summed E-state index contributed by atoms with van der Waals surface area (Å²) in [5.74, 6) is -3.09. The maximum absolute atomic E-state index is 14.8. The predicted molar refractivity (Wildman–Crippen MR) is 213 cm³/mol. The van der Waals surface area contributed by atoms with Gasteiger partial charge in [0.2, 0.25) is 33.3 Å². The van der Waals surface area contributed by atoms with E-state index < -0.39 is 92.6 Å². The van der Waals surface area contributed by atoms with E-state index in [0.29, 0.717) is 62.0 Å². The number of ether oxygens (including phenoxy) is 4. The minimum absolute atomic E-state index is 0.00294. The summed E-state index contributed by atoms with van der Waals surface area (Å²) in [6.45, 7) is 5.57. The Bertz CT molecular complexity index is 2170. The summed E-state index contributed by atoms with van der Waals surface area (Å²) in [6, 6.07) is 2.22. The van der Waals surface area contributed by atoms with Crippen molar-refractivity contribution in [3.8, 4) is 17.4 Å². The van der Waals surface area contributed by atoms with Crippen molar-refractivity contribution in [1.82, 2.24) is 25.2 Å². The standard InChI is InChI=1S/C41H53F4N5O10S/c1-7-58-31-20-46-34(28-13-12-26(57-6)17-29(28)31)59-27-18-30-33(51)48-40(36(53)49-61(55,56)39(22-42)14-15-39)19-25(40)11-9-8-10-23(2)16-24(3)32(35(52)50(30)21-27)47-37(54)60-38(4,5)41(43,44)45/h9,11-13,17,20,23-25,27,30,32H,7-8,10,14-16,18-19,21-22H2,1-6H3,(H,47,54)(H,48,51)(H,49,53)/b11-9-/t23-,24-,25-,27-,30+,32+,40-/m1/s1. The number of pyridine rings is 1. The monoisotopic (exact) mass is 883 g/mol. The van der Waals surface area contributed by atoms with Crippen LogP contribution in [0.3, 0.4) is 0 Å². The SMILES string of the molecule is CCOc1cnc(O[C@@H]2C[C@H]3C(=O)N[C@]4(C(=O)NS(=O)(=O)C5(CF)CC5)C[C@H]4/C=C\CC[C@@H](C)C[C@@H](C)[C@H](NC(=O)OC(C)(C)C(F)(F)F)C(=O)N3C2)c2ccc(OC)cc12. The minimum atomic E-state index is -4.94. The van der Waals surface area contributed by atoms with E-state index in [2.05, 4.69) is 15.6 Å². The summed E-state index contributed by atoms with van der Waals surface area (Å²) in [5, 5.41) is 6.18. The van der Waals surface area contributed by atoms with Gasteiger partial charge in [-0.1, -0.05) is 26.0 Å². The summed E-state index contributed by atoms with van der Waals surface area (Å²) < 4.78 is 104. The van der Waals surface area contributed by atoms with Gasteiger partial charge in [0.25, 0.3) is 5.91 Å². The molecule has 2 aromatic rings.